The standard InChI is InChI=1S/C14H11N2O/c1-10-9-14(16-17-10)12-6-3-2-5-11(12)13-7-4-8-15-13/h2-8,15H,1H3. The van der Waals surface area contributed by atoms with Gasteiger partial charge in [0.15, 0.2) is 0 Å². The molecule has 17 heavy (non-hydrogen) atoms. The Hall–Kier alpha value is -2.29. The number of benzene rings is 1. The molecule has 0 bridgehead atoms. The Kier molecular flexibility index (Phi) is 2.29. The van der Waals surface area contributed by atoms with Crippen molar-refractivity contribution in [2.45, 2.75) is 6.92 Å². The number of aryl methyl sites for hydroxylation is 1. The fourth-order valence-corrected chi connectivity index (χ4v) is 1.87. The predicted molar refractivity (Wildman–Crippen MR) is 65.3 cm³/mol. The van der Waals surface area contributed by atoms with Crippen molar-refractivity contribution >= 4 is 0 Å². The van der Waals surface area contributed by atoms with E-state index in [1.165, 1.54) is 0 Å². The maximum absolute atomic E-state index is 5.08. The third kappa shape index (κ3) is 1.76. The van der Waals surface area contributed by atoms with E-state index < -0.39 is 0 Å². The van der Waals surface area contributed by atoms with Gasteiger partial charge in [-0.3, -0.25) is 0 Å². The first-order valence-corrected chi connectivity index (χ1v) is 5.43. The largest absolute Gasteiger partial charge is 0.361 e. The lowest BCUT2D eigenvalue weighted by Crippen LogP contribution is -1.84. The van der Waals surface area contributed by atoms with Gasteiger partial charge in [-0.05, 0) is 19.1 Å². The van der Waals surface area contributed by atoms with Gasteiger partial charge in [0.25, 0.3) is 0 Å². The van der Waals surface area contributed by atoms with Crippen LogP contribution >= 0.6 is 0 Å². The molecule has 0 amide bonds. The molecule has 0 spiro atoms. The summed E-state index contributed by atoms with van der Waals surface area (Å²) in [6, 6.07) is 15.2. The number of hydrogen-bond acceptors (Lipinski definition) is 2. The molecule has 0 fully saturated rings. The quantitative estimate of drug-likeness (QED) is 0.723. The van der Waals surface area contributed by atoms with E-state index >= 15 is 0 Å². The van der Waals surface area contributed by atoms with E-state index in [4.69, 9.17) is 4.52 Å². The van der Waals surface area contributed by atoms with Crippen molar-refractivity contribution in [3.63, 3.8) is 0 Å². The monoisotopic (exact) mass is 223 g/mol. The molecular weight excluding hydrogens is 212 g/mol. The van der Waals surface area contributed by atoms with E-state index in [1.807, 2.05) is 43.5 Å². The average Bonchev–Trinajstić information content (AvgIpc) is 3.00. The lowest BCUT2D eigenvalue weighted by atomic mass is 10.0. The van der Waals surface area contributed by atoms with Crippen LogP contribution in [0.5, 0.6) is 0 Å². The number of aromatic amines is 1. The highest BCUT2D eigenvalue weighted by atomic mass is 16.5. The van der Waals surface area contributed by atoms with E-state index in [0.717, 1.165) is 22.5 Å². The molecular formula is C14H11N2O. The van der Waals surface area contributed by atoms with Crippen LogP contribution in [-0.4, -0.2) is 10.1 Å². The summed E-state index contributed by atoms with van der Waals surface area (Å²) in [6.45, 7) is 1.84. The smallest absolute Gasteiger partial charge is 0.142 e. The molecule has 3 heteroatoms. The van der Waals surface area contributed by atoms with Crippen LogP contribution in [0.15, 0.2) is 47.1 Å². The molecule has 2 heterocycles. The number of nitrogens with zero attached hydrogens (tertiary/aromatic N) is 1. The van der Waals surface area contributed by atoms with Crippen LogP contribution in [0.3, 0.4) is 0 Å². The Morgan fingerprint density at radius 3 is 2.59 bits per heavy atom. The zero-order valence-corrected chi connectivity index (χ0v) is 9.40. The van der Waals surface area contributed by atoms with E-state index in [9.17, 15) is 0 Å². The molecule has 0 aliphatic carbocycles. The van der Waals surface area contributed by atoms with E-state index in [1.54, 1.807) is 0 Å². The fourth-order valence-electron chi connectivity index (χ4n) is 1.87. The first-order chi connectivity index (χ1) is 8.34. The van der Waals surface area contributed by atoms with Crippen LogP contribution in [0.2, 0.25) is 0 Å². The van der Waals surface area contributed by atoms with Crippen LogP contribution in [0, 0.1) is 13.0 Å². The predicted octanol–water partition coefficient (Wildman–Crippen LogP) is 3.45. The Labute approximate surface area is 99.1 Å². The molecule has 0 aliphatic rings. The molecule has 83 valence electrons. The third-order valence-electron chi connectivity index (χ3n) is 2.64. The van der Waals surface area contributed by atoms with Crippen molar-refractivity contribution in [3.8, 4) is 22.5 Å². The average molecular weight is 223 g/mol. The zero-order chi connectivity index (χ0) is 11.7. The highest BCUT2D eigenvalue weighted by molar-refractivity contribution is 5.79. The summed E-state index contributed by atoms with van der Waals surface area (Å²) >= 11 is 0. The van der Waals surface area contributed by atoms with Crippen molar-refractivity contribution in [1.82, 2.24) is 10.1 Å². The number of hydrogen-bond donors (Lipinski definition) is 1. The van der Waals surface area contributed by atoms with Crippen LogP contribution < -0.4 is 0 Å². The summed E-state index contributed by atoms with van der Waals surface area (Å²) in [5.74, 6) is 0.696. The van der Waals surface area contributed by atoms with Crippen molar-refractivity contribution in [3.05, 3.63) is 54.4 Å². The second kappa shape index (κ2) is 3.94. The summed E-state index contributed by atoms with van der Waals surface area (Å²) in [5, 5.41) is 4.01. The SMILES string of the molecule is Cc1[c]c(-c2ccccc2-c2ccc[nH]2)no1. The molecule has 3 aromatic rings. The van der Waals surface area contributed by atoms with Crippen LogP contribution in [-0.2, 0) is 0 Å². The highest BCUT2D eigenvalue weighted by Gasteiger charge is 2.10. The molecule has 1 N–H and O–H groups in total. The van der Waals surface area contributed by atoms with Crippen molar-refractivity contribution in [2.24, 2.45) is 0 Å². The number of rotatable bonds is 2. The number of H-pyrrole nitrogens is 1. The van der Waals surface area contributed by atoms with Crippen LogP contribution in [0.1, 0.15) is 5.76 Å². The number of aromatic nitrogens is 2. The van der Waals surface area contributed by atoms with Crippen molar-refractivity contribution in [2.75, 3.05) is 0 Å². The Morgan fingerprint density at radius 2 is 1.94 bits per heavy atom. The minimum Gasteiger partial charge on any atom is -0.361 e. The van der Waals surface area contributed by atoms with Crippen LogP contribution in [0.25, 0.3) is 22.5 Å². The van der Waals surface area contributed by atoms with Gasteiger partial charge in [0.1, 0.15) is 11.5 Å². The van der Waals surface area contributed by atoms with Crippen molar-refractivity contribution < 1.29 is 4.52 Å². The lowest BCUT2D eigenvalue weighted by Gasteiger charge is -2.04. The third-order valence-corrected chi connectivity index (χ3v) is 2.64. The van der Waals surface area contributed by atoms with Gasteiger partial charge >= 0.3 is 0 Å². The molecule has 0 saturated heterocycles. The van der Waals surface area contributed by atoms with Gasteiger partial charge in [0.2, 0.25) is 0 Å². The molecule has 0 unspecified atom stereocenters. The maximum atomic E-state index is 5.08. The van der Waals surface area contributed by atoms with Gasteiger partial charge in [-0.2, -0.15) is 0 Å². The van der Waals surface area contributed by atoms with E-state index in [2.05, 4.69) is 22.3 Å². The lowest BCUT2D eigenvalue weighted by molar-refractivity contribution is 0.399. The normalized spacial score (nSPS) is 10.6. The first kappa shape index (κ1) is 9.90. The minimum absolute atomic E-state index is 0.696. The molecule has 0 aliphatic heterocycles. The molecule has 2 aromatic heterocycles. The summed E-state index contributed by atoms with van der Waals surface area (Å²) in [4.78, 5) is 3.20. The molecule has 1 aromatic carbocycles. The molecule has 3 nitrogen and oxygen atoms in total. The topological polar surface area (TPSA) is 41.8 Å². The summed E-state index contributed by atoms with van der Waals surface area (Å²) < 4.78 is 5.08. The molecule has 1 radical (unpaired) electrons. The first-order valence-electron chi connectivity index (χ1n) is 5.43. The van der Waals surface area contributed by atoms with E-state index in [0.29, 0.717) is 5.76 Å². The Morgan fingerprint density at radius 1 is 1.12 bits per heavy atom. The van der Waals surface area contributed by atoms with Gasteiger partial charge in [-0.1, -0.05) is 29.4 Å². The van der Waals surface area contributed by atoms with Gasteiger partial charge in [-0.25, -0.2) is 0 Å². The van der Waals surface area contributed by atoms with Crippen molar-refractivity contribution in [1.29, 1.82) is 0 Å². The van der Waals surface area contributed by atoms with Crippen LogP contribution in [0.4, 0.5) is 0 Å². The number of nitrogens with one attached hydrogen (secondary N) is 1. The minimum atomic E-state index is 0.696. The van der Waals surface area contributed by atoms with Gasteiger partial charge in [0.05, 0.1) is 6.07 Å². The Balaban J connectivity index is 2.17. The highest BCUT2D eigenvalue weighted by Crippen LogP contribution is 2.30. The second-order valence-electron chi connectivity index (χ2n) is 3.84. The van der Waals surface area contributed by atoms with E-state index in [-0.39, 0.29) is 0 Å². The molecule has 3 rings (SSSR count). The molecule has 0 saturated carbocycles. The Bertz CT molecular complexity index is 623. The molecule has 0 atom stereocenters. The van der Waals surface area contributed by atoms with Gasteiger partial charge < -0.3 is 9.51 Å². The van der Waals surface area contributed by atoms with Gasteiger partial charge in [-0.15, -0.1) is 0 Å². The fraction of sp³-hybridized carbons (Fsp3) is 0.0714. The summed E-state index contributed by atoms with van der Waals surface area (Å²) in [7, 11) is 0. The summed E-state index contributed by atoms with van der Waals surface area (Å²) in [6.07, 6.45) is 1.91. The zero-order valence-electron chi connectivity index (χ0n) is 9.40. The summed E-state index contributed by atoms with van der Waals surface area (Å²) in [5.41, 5.74) is 3.93. The maximum Gasteiger partial charge on any atom is 0.142 e. The second-order valence-corrected chi connectivity index (χ2v) is 3.84. The van der Waals surface area contributed by atoms with Gasteiger partial charge in [0, 0.05) is 23.0 Å².